The van der Waals surface area contributed by atoms with E-state index in [2.05, 4.69) is 6.92 Å². The normalized spacial score (nSPS) is 10.2. The van der Waals surface area contributed by atoms with Crippen molar-refractivity contribution in [3.63, 3.8) is 0 Å². The van der Waals surface area contributed by atoms with Gasteiger partial charge in [0.25, 0.3) is 0 Å². The minimum Gasteiger partial charge on any atom is -0.493 e. The van der Waals surface area contributed by atoms with E-state index in [9.17, 15) is 4.79 Å². The molecule has 0 heterocycles. The van der Waals surface area contributed by atoms with E-state index in [1.165, 1.54) is 5.56 Å². The molecule has 0 amide bonds. The summed E-state index contributed by atoms with van der Waals surface area (Å²) < 4.78 is 11.1. The summed E-state index contributed by atoms with van der Waals surface area (Å²) in [6, 6.07) is 12.5. The molecular formula is C17H18O4. The van der Waals surface area contributed by atoms with Crippen LogP contribution in [-0.4, -0.2) is 18.2 Å². The van der Waals surface area contributed by atoms with Crippen molar-refractivity contribution in [2.24, 2.45) is 0 Å². The SMILES string of the molecule is CCc1ccc(OCc2ccc(C(=O)O)cc2)c(OC)c1. The van der Waals surface area contributed by atoms with Gasteiger partial charge in [-0.2, -0.15) is 0 Å². The molecule has 4 nitrogen and oxygen atoms in total. The lowest BCUT2D eigenvalue weighted by Crippen LogP contribution is -2.00. The molecule has 1 N–H and O–H groups in total. The first-order valence-corrected chi connectivity index (χ1v) is 6.76. The van der Waals surface area contributed by atoms with Crippen LogP contribution in [0.2, 0.25) is 0 Å². The maximum Gasteiger partial charge on any atom is 0.335 e. The molecule has 0 unspecified atom stereocenters. The predicted molar refractivity (Wildman–Crippen MR) is 80.1 cm³/mol. The van der Waals surface area contributed by atoms with E-state index in [4.69, 9.17) is 14.6 Å². The number of hydrogen-bond donors (Lipinski definition) is 1. The second-order valence-electron chi connectivity index (χ2n) is 4.63. The Balaban J connectivity index is 2.07. The van der Waals surface area contributed by atoms with Crippen LogP contribution in [0.1, 0.15) is 28.4 Å². The lowest BCUT2D eigenvalue weighted by Gasteiger charge is -2.12. The van der Waals surface area contributed by atoms with Crippen LogP contribution in [0.15, 0.2) is 42.5 Å². The average Bonchev–Trinajstić information content (AvgIpc) is 2.53. The fourth-order valence-corrected chi connectivity index (χ4v) is 1.96. The van der Waals surface area contributed by atoms with Gasteiger partial charge in [-0.15, -0.1) is 0 Å². The predicted octanol–water partition coefficient (Wildman–Crippen LogP) is 3.53. The number of benzene rings is 2. The summed E-state index contributed by atoms with van der Waals surface area (Å²) in [6.45, 7) is 2.45. The molecule has 0 aliphatic rings. The van der Waals surface area contributed by atoms with E-state index in [0.29, 0.717) is 18.1 Å². The lowest BCUT2D eigenvalue weighted by molar-refractivity contribution is 0.0697. The van der Waals surface area contributed by atoms with Gasteiger partial charge in [0.2, 0.25) is 0 Å². The molecule has 0 aromatic heterocycles. The van der Waals surface area contributed by atoms with Crippen molar-refractivity contribution in [2.45, 2.75) is 20.0 Å². The molecule has 4 heteroatoms. The number of aromatic carboxylic acids is 1. The van der Waals surface area contributed by atoms with Crippen molar-refractivity contribution in [1.82, 2.24) is 0 Å². The molecule has 0 aliphatic heterocycles. The number of aryl methyl sites for hydroxylation is 1. The topological polar surface area (TPSA) is 55.8 Å². The summed E-state index contributed by atoms with van der Waals surface area (Å²) in [4.78, 5) is 10.8. The van der Waals surface area contributed by atoms with Crippen LogP contribution in [0.3, 0.4) is 0 Å². The molecular weight excluding hydrogens is 268 g/mol. The number of ether oxygens (including phenoxy) is 2. The molecule has 2 rings (SSSR count). The second kappa shape index (κ2) is 6.79. The van der Waals surface area contributed by atoms with Crippen molar-refractivity contribution < 1.29 is 19.4 Å². The van der Waals surface area contributed by atoms with Crippen LogP contribution >= 0.6 is 0 Å². The molecule has 0 atom stereocenters. The second-order valence-corrected chi connectivity index (χ2v) is 4.63. The van der Waals surface area contributed by atoms with Crippen LogP contribution in [0.4, 0.5) is 0 Å². The van der Waals surface area contributed by atoms with Crippen molar-refractivity contribution in [3.05, 3.63) is 59.2 Å². The summed E-state index contributed by atoms with van der Waals surface area (Å²) in [5, 5.41) is 8.85. The molecule has 0 bridgehead atoms. The third kappa shape index (κ3) is 3.75. The largest absolute Gasteiger partial charge is 0.493 e. The van der Waals surface area contributed by atoms with Crippen LogP contribution in [0.25, 0.3) is 0 Å². The maximum absolute atomic E-state index is 10.8. The van der Waals surface area contributed by atoms with Gasteiger partial charge in [-0.05, 0) is 41.8 Å². The molecule has 0 saturated carbocycles. The number of carboxylic acids is 1. The van der Waals surface area contributed by atoms with E-state index in [1.807, 2.05) is 18.2 Å². The van der Waals surface area contributed by atoms with E-state index in [1.54, 1.807) is 31.4 Å². The van der Waals surface area contributed by atoms with E-state index < -0.39 is 5.97 Å². The van der Waals surface area contributed by atoms with Gasteiger partial charge in [0.05, 0.1) is 12.7 Å². The Labute approximate surface area is 123 Å². The fraction of sp³-hybridized carbons (Fsp3) is 0.235. The molecule has 0 radical (unpaired) electrons. The summed E-state index contributed by atoms with van der Waals surface area (Å²) in [5.41, 5.74) is 2.36. The summed E-state index contributed by atoms with van der Waals surface area (Å²) in [5.74, 6) is 0.452. The number of carbonyl (C=O) groups is 1. The Morgan fingerprint density at radius 1 is 1.05 bits per heavy atom. The Hall–Kier alpha value is -2.49. The summed E-state index contributed by atoms with van der Waals surface area (Å²) in [6.07, 6.45) is 0.938. The molecule has 0 fully saturated rings. The van der Waals surface area contributed by atoms with Crippen LogP contribution in [-0.2, 0) is 13.0 Å². The Morgan fingerprint density at radius 2 is 1.71 bits per heavy atom. The van der Waals surface area contributed by atoms with Crippen molar-refractivity contribution in [1.29, 1.82) is 0 Å². The Kier molecular flexibility index (Phi) is 4.82. The van der Waals surface area contributed by atoms with E-state index in [-0.39, 0.29) is 5.56 Å². The van der Waals surface area contributed by atoms with Gasteiger partial charge >= 0.3 is 5.97 Å². The highest BCUT2D eigenvalue weighted by Gasteiger charge is 2.06. The Morgan fingerprint density at radius 3 is 2.29 bits per heavy atom. The molecule has 0 saturated heterocycles. The van der Waals surface area contributed by atoms with Gasteiger partial charge in [-0.1, -0.05) is 25.1 Å². The highest BCUT2D eigenvalue weighted by atomic mass is 16.5. The molecule has 0 aliphatic carbocycles. The van der Waals surface area contributed by atoms with E-state index >= 15 is 0 Å². The van der Waals surface area contributed by atoms with Gasteiger partial charge in [0, 0.05) is 0 Å². The third-order valence-electron chi connectivity index (χ3n) is 3.23. The van der Waals surface area contributed by atoms with Crippen LogP contribution in [0.5, 0.6) is 11.5 Å². The number of carboxylic acid groups (broad SMARTS) is 1. The number of hydrogen-bond acceptors (Lipinski definition) is 3. The fourth-order valence-electron chi connectivity index (χ4n) is 1.96. The van der Waals surface area contributed by atoms with Gasteiger partial charge in [-0.25, -0.2) is 4.79 Å². The number of rotatable bonds is 6. The maximum atomic E-state index is 10.8. The third-order valence-corrected chi connectivity index (χ3v) is 3.23. The molecule has 110 valence electrons. The minimum atomic E-state index is -0.931. The number of methoxy groups -OCH3 is 1. The first-order chi connectivity index (χ1) is 10.1. The van der Waals surface area contributed by atoms with Crippen LogP contribution in [0, 0.1) is 0 Å². The average molecular weight is 286 g/mol. The zero-order valence-electron chi connectivity index (χ0n) is 12.1. The quantitative estimate of drug-likeness (QED) is 0.882. The zero-order valence-corrected chi connectivity index (χ0v) is 12.1. The monoisotopic (exact) mass is 286 g/mol. The van der Waals surface area contributed by atoms with Gasteiger partial charge < -0.3 is 14.6 Å². The van der Waals surface area contributed by atoms with Crippen molar-refractivity contribution in [3.8, 4) is 11.5 Å². The van der Waals surface area contributed by atoms with Crippen LogP contribution < -0.4 is 9.47 Å². The minimum absolute atomic E-state index is 0.267. The summed E-state index contributed by atoms with van der Waals surface area (Å²) in [7, 11) is 1.61. The molecule has 2 aromatic carbocycles. The van der Waals surface area contributed by atoms with Gasteiger partial charge in [0.15, 0.2) is 11.5 Å². The smallest absolute Gasteiger partial charge is 0.335 e. The standard InChI is InChI=1S/C17H18O4/c1-3-12-6-9-15(16(10-12)20-2)21-11-13-4-7-14(8-5-13)17(18)19/h4-10H,3,11H2,1-2H3,(H,18,19). The zero-order chi connectivity index (χ0) is 15.2. The lowest BCUT2D eigenvalue weighted by atomic mass is 10.1. The molecule has 2 aromatic rings. The molecule has 0 spiro atoms. The highest BCUT2D eigenvalue weighted by Crippen LogP contribution is 2.29. The summed E-state index contributed by atoms with van der Waals surface area (Å²) >= 11 is 0. The van der Waals surface area contributed by atoms with E-state index in [0.717, 1.165) is 12.0 Å². The van der Waals surface area contributed by atoms with Gasteiger partial charge in [-0.3, -0.25) is 0 Å². The van der Waals surface area contributed by atoms with Gasteiger partial charge in [0.1, 0.15) is 6.61 Å². The molecule has 21 heavy (non-hydrogen) atoms. The van der Waals surface area contributed by atoms with Crippen molar-refractivity contribution >= 4 is 5.97 Å². The Bertz CT molecular complexity index is 617. The first kappa shape index (κ1) is 14.9. The first-order valence-electron chi connectivity index (χ1n) is 6.76. The van der Waals surface area contributed by atoms with Crippen molar-refractivity contribution in [2.75, 3.05) is 7.11 Å². The highest BCUT2D eigenvalue weighted by molar-refractivity contribution is 5.87.